The summed E-state index contributed by atoms with van der Waals surface area (Å²) in [5.41, 5.74) is 10.4. The van der Waals surface area contributed by atoms with Gasteiger partial charge in [-0.3, -0.25) is 0 Å². The molecule has 12 aromatic rings. The lowest BCUT2D eigenvalue weighted by molar-refractivity contribution is 1.30. The average Bonchev–Trinajstić information content (AvgIpc) is 3.92. The van der Waals surface area contributed by atoms with Crippen LogP contribution < -0.4 is 4.90 Å². The Labute approximate surface area is 349 Å². The molecule has 0 N–H and O–H groups in total. The Kier molecular flexibility index (Phi) is 7.93. The van der Waals surface area contributed by atoms with Gasteiger partial charge in [0.15, 0.2) is 0 Å². The minimum Gasteiger partial charge on any atom is -0.309 e. The maximum absolute atomic E-state index is 5.04. The van der Waals surface area contributed by atoms with Gasteiger partial charge in [-0.2, -0.15) is 0 Å². The summed E-state index contributed by atoms with van der Waals surface area (Å²) in [6.45, 7) is 0. The summed E-state index contributed by atoms with van der Waals surface area (Å²) in [6.07, 6.45) is 0. The number of rotatable bonds is 6. The highest BCUT2D eigenvalue weighted by molar-refractivity contribution is 7.26. The van der Waals surface area contributed by atoms with Crippen LogP contribution in [0.5, 0.6) is 0 Å². The molecular weight excluding hydrogens is 753 g/mol. The van der Waals surface area contributed by atoms with Crippen molar-refractivity contribution in [1.82, 2.24) is 4.98 Å². The molecule has 2 heterocycles. The summed E-state index contributed by atoms with van der Waals surface area (Å²) in [6, 6.07) is 75.2. The van der Waals surface area contributed by atoms with Crippen LogP contribution in [0.2, 0.25) is 0 Å². The van der Waals surface area contributed by atoms with Crippen molar-refractivity contribution in [3.8, 4) is 32.8 Å². The summed E-state index contributed by atoms with van der Waals surface area (Å²) in [5.74, 6) is 0. The fourth-order valence-electron chi connectivity index (χ4n) is 8.85. The van der Waals surface area contributed by atoms with Gasteiger partial charge in [0.05, 0.1) is 20.6 Å². The SMILES string of the molecule is c1ccc(-c2ccc(N(c3ccc(-c4cc5ccccc5c5ccccc45)cc3)c3cc4ccccc4c4c3sc3ccc(-c5nc6ccccc6s5)cc34)cc2)cc1. The third-order valence-electron chi connectivity index (χ3n) is 11.7. The first kappa shape index (κ1) is 34.0. The molecule has 0 aliphatic heterocycles. The van der Waals surface area contributed by atoms with Gasteiger partial charge in [0, 0.05) is 32.4 Å². The molecule has 276 valence electrons. The third kappa shape index (κ3) is 5.72. The Morgan fingerprint density at radius 3 is 1.73 bits per heavy atom. The van der Waals surface area contributed by atoms with E-state index in [4.69, 9.17) is 4.98 Å². The lowest BCUT2D eigenvalue weighted by Crippen LogP contribution is -2.10. The van der Waals surface area contributed by atoms with Crippen molar-refractivity contribution in [2.75, 3.05) is 4.90 Å². The van der Waals surface area contributed by atoms with E-state index in [1.54, 1.807) is 11.3 Å². The average molecular weight is 787 g/mol. The molecule has 0 spiro atoms. The van der Waals surface area contributed by atoms with Crippen LogP contribution in [0.4, 0.5) is 17.1 Å². The molecule has 12 rings (SSSR count). The number of nitrogens with zero attached hydrogens (tertiary/aromatic N) is 2. The van der Waals surface area contributed by atoms with Crippen molar-refractivity contribution in [1.29, 1.82) is 0 Å². The molecule has 0 saturated heterocycles. The van der Waals surface area contributed by atoms with E-state index in [0.717, 1.165) is 33.1 Å². The van der Waals surface area contributed by atoms with E-state index >= 15 is 0 Å². The maximum atomic E-state index is 5.04. The van der Waals surface area contributed by atoms with Gasteiger partial charge in [-0.05, 0) is 115 Å². The van der Waals surface area contributed by atoms with Crippen LogP contribution in [-0.2, 0) is 0 Å². The standard InChI is InChI=1S/C55H34N2S2/c1-2-12-35(13-3-1)36-22-27-41(28-23-36)57(42-29-24-37(25-30-42)47-32-38-14-4-6-16-43(38)45-18-8-9-19-46(45)47)50-34-39-15-5-7-17-44(39)53-48-33-40(26-31-51(48)58-54(50)53)55-56-49-20-10-11-21-52(49)59-55/h1-34H. The molecule has 0 bridgehead atoms. The smallest absolute Gasteiger partial charge is 0.124 e. The van der Waals surface area contributed by atoms with Crippen molar-refractivity contribution in [3.05, 3.63) is 206 Å². The third-order valence-corrected chi connectivity index (χ3v) is 13.9. The van der Waals surface area contributed by atoms with Gasteiger partial charge in [0.2, 0.25) is 0 Å². The lowest BCUT2D eigenvalue weighted by atomic mass is 9.93. The molecule has 59 heavy (non-hydrogen) atoms. The molecule has 0 radical (unpaired) electrons. The van der Waals surface area contributed by atoms with Crippen molar-refractivity contribution in [3.63, 3.8) is 0 Å². The highest BCUT2D eigenvalue weighted by atomic mass is 32.1. The van der Waals surface area contributed by atoms with Crippen molar-refractivity contribution in [2.24, 2.45) is 0 Å². The first-order chi connectivity index (χ1) is 29.2. The van der Waals surface area contributed by atoms with Gasteiger partial charge in [0.25, 0.3) is 0 Å². The molecule has 10 aromatic carbocycles. The topological polar surface area (TPSA) is 16.1 Å². The van der Waals surface area contributed by atoms with Crippen LogP contribution in [0.3, 0.4) is 0 Å². The minimum absolute atomic E-state index is 1.05. The van der Waals surface area contributed by atoms with Gasteiger partial charge in [0.1, 0.15) is 5.01 Å². The Morgan fingerprint density at radius 2 is 0.966 bits per heavy atom. The molecule has 2 aromatic heterocycles. The predicted molar refractivity (Wildman–Crippen MR) is 256 cm³/mol. The Morgan fingerprint density at radius 1 is 0.373 bits per heavy atom. The number of thiophene rings is 1. The zero-order valence-corrected chi connectivity index (χ0v) is 33.5. The van der Waals surface area contributed by atoms with Gasteiger partial charge >= 0.3 is 0 Å². The van der Waals surface area contributed by atoms with Crippen LogP contribution in [0, 0.1) is 0 Å². The largest absolute Gasteiger partial charge is 0.309 e. The summed E-state index contributed by atoms with van der Waals surface area (Å²) in [7, 11) is 0. The number of thiazole rings is 1. The van der Waals surface area contributed by atoms with Gasteiger partial charge in [-0.15, -0.1) is 22.7 Å². The number of aromatic nitrogens is 1. The number of anilines is 3. The maximum Gasteiger partial charge on any atom is 0.124 e. The second kappa shape index (κ2) is 13.8. The first-order valence-corrected chi connectivity index (χ1v) is 21.6. The molecule has 0 aliphatic rings. The highest BCUT2D eigenvalue weighted by Crippen LogP contribution is 2.49. The number of para-hydroxylation sites is 1. The molecule has 0 saturated carbocycles. The summed E-state index contributed by atoms with van der Waals surface area (Å²) in [5, 5.41) is 11.1. The van der Waals surface area contributed by atoms with E-state index in [2.05, 4.69) is 211 Å². The molecule has 0 aliphatic carbocycles. The zero-order valence-electron chi connectivity index (χ0n) is 31.8. The predicted octanol–water partition coefficient (Wildman–Crippen LogP) is 16.6. The molecule has 4 heteroatoms. The fraction of sp³-hybridized carbons (Fsp3) is 0. The van der Waals surface area contributed by atoms with E-state index in [-0.39, 0.29) is 0 Å². The molecule has 0 unspecified atom stereocenters. The highest BCUT2D eigenvalue weighted by Gasteiger charge is 2.22. The van der Waals surface area contributed by atoms with Crippen LogP contribution in [-0.4, -0.2) is 4.98 Å². The van der Waals surface area contributed by atoms with Gasteiger partial charge < -0.3 is 4.90 Å². The normalized spacial score (nSPS) is 11.7. The number of benzene rings is 10. The number of fused-ring (bicyclic) bond motifs is 9. The Balaban J connectivity index is 1.06. The van der Waals surface area contributed by atoms with Crippen LogP contribution >= 0.6 is 22.7 Å². The van der Waals surface area contributed by atoms with E-state index in [1.807, 2.05) is 11.3 Å². The fourth-order valence-corrected chi connectivity index (χ4v) is 11.0. The molecule has 0 amide bonds. The van der Waals surface area contributed by atoms with Crippen molar-refractivity contribution >= 4 is 102 Å². The van der Waals surface area contributed by atoms with Crippen LogP contribution in [0.1, 0.15) is 0 Å². The molecule has 2 nitrogen and oxygen atoms in total. The van der Waals surface area contributed by atoms with Crippen molar-refractivity contribution in [2.45, 2.75) is 0 Å². The Bertz CT molecular complexity index is 3510. The van der Waals surface area contributed by atoms with E-state index in [0.29, 0.717) is 0 Å². The summed E-state index contributed by atoms with van der Waals surface area (Å²) < 4.78 is 3.73. The van der Waals surface area contributed by atoms with Crippen LogP contribution in [0.25, 0.3) is 95.5 Å². The molecular formula is C55H34N2S2. The first-order valence-electron chi connectivity index (χ1n) is 19.9. The second-order valence-electron chi connectivity index (χ2n) is 15.1. The lowest BCUT2D eigenvalue weighted by Gasteiger charge is -2.27. The summed E-state index contributed by atoms with van der Waals surface area (Å²) in [4.78, 5) is 7.50. The van der Waals surface area contributed by atoms with Crippen molar-refractivity contribution < 1.29 is 0 Å². The van der Waals surface area contributed by atoms with Gasteiger partial charge in [-0.1, -0.05) is 146 Å². The number of hydrogen-bond acceptors (Lipinski definition) is 4. The summed E-state index contributed by atoms with van der Waals surface area (Å²) >= 11 is 3.63. The molecule has 0 fully saturated rings. The van der Waals surface area contributed by atoms with E-state index in [1.165, 1.54) is 79.4 Å². The minimum atomic E-state index is 1.05. The van der Waals surface area contributed by atoms with E-state index in [9.17, 15) is 0 Å². The van der Waals surface area contributed by atoms with E-state index < -0.39 is 0 Å². The Hall–Kier alpha value is -7.11. The van der Waals surface area contributed by atoms with Crippen LogP contribution in [0.15, 0.2) is 206 Å². The second-order valence-corrected chi connectivity index (χ2v) is 17.2. The van der Waals surface area contributed by atoms with Gasteiger partial charge in [-0.25, -0.2) is 4.98 Å². The monoisotopic (exact) mass is 786 g/mol. The molecule has 0 atom stereocenters. The number of hydrogen-bond donors (Lipinski definition) is 0. The quantitative estimate of drug-likeness (QED) is 0.156. The zero-order chi connectivity index (χ0) is 38.9.